The summed E-state index contributed by atoms with van der Waals surface area (Å²) in [4.78, 5) is 9.12. The minimum Gasteiger partial charge on any atom is -0.374 e. The molecule has 0 aromatic carbocycles. The lowest BCUT2D eigenvalue weighted by atomic mass is 10.1. The van der Waals surface area contributed by atoms with Crippen LogP contribution in [0.15, 0.2) is 9.98 Å². The summed E-state index contributed by atoms with van der Waals surface area (Å²) < 4.78 is 0. The van der Waals surface area contributed by atoms with E-state index in [1.165, 1.54) is 56.6 Å². The van der Waals surface area contributed by atoms with Crippen molar-refractivity contribution >= 4 is 11.7 Å². The molecule has 2 rings (SSSR count). The van der Waals surface area contributed by atoms with E-state index < -0.39 is 0 Å². The smallest absolute Gasteiger partial charge is 0.0965 e. The number of nitrogens with zero attached hydrogens (tertiary/aromatic N) is 2. The molecule has 0 amide bonds. The maximum atomic E-state index is 4.59. The first-order valence-corrected chi connectivity index (χ1v) is 8.45. The Morgan fingerprint density at radius 2 is 1.70 bits per heavy atom. The summed E-state index contributed by atoms with van der Waals surface area (Å²) in [5, 5.41) is 7.13. The zero-order valence-corrected chi connectivity index (χ0v) is 13.0. The van der Waals surface area contributed by atoms with Gasteiger partial charge < -0.3 is 10.6 Å². The van der Waals surface area contributed by atoms with Gasteiger partial charge in [0.15, 0.2) is 0 Å². The summed E-state index contributed by atoms with van der Waals surface area (Å²) in [6, 6.07) is 0.585. The number of nitrogens with one attached hydrogen (secondary N) is 2. The Labute approximate surface area is 123 Å². The molecule has 0 radical (unpaired) electrons. The van der Waals surface area contributed by atoms with Gasteiger partial charge in [-0.2, -0.15) is 0 Å². The van der Waals surface area contributed by atoms with E-state index in [-0.39, 0.29) is 0 Å². The van der Waals surface area contributed by atoms with Crippen molar-refractivity contribution in [2.75, 3.05) is 19.6 Å². The monoisotopic (exact) mass is 278 g/mol. The molecule has 2 heterocycles. The molecule has 4 heteroatoms. The Morgan fingerprint density at radius 1 is 1.00 bits per heavy atom. The molecule has 0 saturated carbocycles. The van der Waals surface area contributed by atoms with E-state index >= 15 is 0 Å². The fourth-order valence-corrected chi connectivity index (χ4v) is 2.85. The third kappa shape index (κ3) is 5.51. The first-order valence-electron chi connectivity index (χ1n) is 8.45. The van der Waals surface area contributed by atoms with E-state index in [9.17, 15) is 0 Å². The van der Waals surface area contributed by atoms with E-state index in [1.807, 2.05) is 0 Å². The minimum absolute atomic E-state index is 0.585. The molecule has 0 aromatic rings. The second kappa shape index (κ2) is 8.98. The van der Waals surface area contributed by atoms with Crippen molar-refractivity contribution in [1.29, 1.82) is 0 Å². The molecule has 2 N–H and O–H groups in total. The Bertz CT molecular complexity index is 335. The predicted molar refractivity (Wildman–Crippen MR) is 86.8 cm³/mol. The highest BCUT2D eigenvalue weighted by Gasteiger charge is 2.11. The number of amidine groups is 2. The molecule has 114 valence electrons. The van der Waals surface area contributed by atoms with E-state index in [4.69, 9.17) is 0 Å². The number of aliphatic imine (C=N–C) groups is 2. The van der Waals surface area contributed by atoms with Crippen molar-refractivity contribution in [1.82, 2.24) is 10.6 Å². The van der Waals surface area contributed by atoms with Crippen molar-refractivity contribution in [2.24, 2.45) is 9.98 Å². The van der Waals surface area contributed by atoms with Gasteiger partial charge in [-0.15, -0.1) is 0 Å². The topological polar surface area (TPSA) is 48.8 Å². The van der Waals surface area contributed by atoms with Gasteiger partial charge in [0.1, 0.15) is 0 Å². The van der Waals surface area contributed by atoms with Crippen LogP contribution in [0, 0.1) is 0 Å². The Balaban J connectivity index is 1.60. The molecule has 0 spiro atoms. The molecular weight excluding hydrogens is 248 g/mol. The fraction of sp³-hybridized carbons (Fsp3) is 0.875. The zero-order chi connectivity index (χ0) is 14.0. The van der Waals surface area contributed by atoms with Crippen LogP contribution in [-0.2, 0) is 0 Å². The van der Waals surface area contributed by atoms with Crippen LogP contribution in [0.5, 0.6) is 0 Å². The molecule has 20 heavy (non-hydrogen) atoms. The van der Waals surface area contributed by atoms with Gasteiger partial charge in [0.2, 0.25) is 0 Å². The Morgan fingerprint density at radius 3 is 2.30 bits per heavy atom. The number of rotatable bonds is 6. The van der Waals surface area contributed by atoms with Crippen LogP contribution in [-0.4, -0.2) is 37.3 Å². The van der Waals surface area contributed by atoms with E-state index in [0.717, 1.165) is 32.5 Å². The van der Waals surface area contributed by atoms with Crippen molar-refractivity contribution in [2.45, 2.75) is 70.8 Å². The highest BCUT2D eigenvalue weighted by atomic mass is 15.0. The molecule has 2 aliphatic heterocycles. The molecule has 4 nitrogen and oxygen atoms in total. The van der Waals surface area contributed by atoms with E-state index in [2.05, 4.69) is 27.5 Å². The average Bonchev–Trinajstić information content (AvgIpc) is 2.52. The fourth-order valence-electron chi connectivity index (χ4n) is 2.85. The number of hydrogen-bond donors (Lipinski definition) is 2. The molecule has 1 unspecified atom stereocenters. The van der Waals surface area contributed by atoms with Gasteiger partial charge in [0, 0.05) is 38.5 Å². The van der Waals surface area contributed by atoms with Crippen LogP contribution < -0.4 is 10.6 Å². The van der Waals surface area contributed by atoms with Crippen LogP contribution in [0.2, 0.25) is 0 Å². The molecule has 0 aromatic heterocycles. The molecule has 0 bridgehead atoms. The van der Waals surface area contributed by atoms with Crippen LogP contribution in [0.4, 0.5) is 0 Å². The highest BCUT2D eigenvalue weighted by Crippen LogP contribution is 2.08. The summed E-state index contributed by atoms with van der Waals surface area (Å²) in [5.41, 5.74) is 0. The van der Waals surface area contributed by atoms with Crippen molar-refractivity contribution in [3.63, 3.8) is 0 Å². The summed E-state index contributed by atoms with van der Waals surface area (Å²) in [6.07, 6.45) is 11.0. The first kappa shape index (κ1) is 15.3. The van der Waals surface area contributed by atoms with Gasteiger partial charge in [-0.3, -0.25) is 9.98 Å². The third-order valence-electron chi connectivity index (χ3n) is 4.17. The summed E-state index contributed by atoms with van der Waals surface area (Å²) in [5.74, 6) is 2.47. The lowest BCUT2D eigenvalue weighted by molar-refractivity contribution is 0.510. The van der Waals surface area contributed by atoms with Crippen molar-refractivity contribution < 1.29 is 0 Å². The Kier molecular flexibility index (Phi) is 6.89. The maximum absolute atomic E-state index is 4.59. The average molecular weight is 278 g/mol. The van der Waals surface area contributed by atoms with E-state index in [1.54, 1.807) is 0 Å². The lowest BCUT2D eigenvalue weighted by Crippen LogP contribution is -2.36. The second-order valence-corrected chi connectivity index (χ2v) is 5.89. The van der Waals surface area contributed by atoms with Gasteiger partial charge in [0.05, 0.1) is 11.7 Å². The Hall–Kier alpha value is -1.06. The van der Waals surface area contributed by atoms with Gasteiger partial charge in [-0.05, 0) is 44.9 Å². The van der Waals surface area contributed by atoms with Crippen molar-refractivity contribution in [3.8, 4) is 0 Å². The molecule has 0 aliphatic carbocycles. The van der Waals surface area contributed by atoms with Gasteiger partial charge in [-0.25, -0.2) is 0 Å². The van der Waals surface area contributed by atoms with Gasteiger partial charge in [0.25, 0.3) is 0 Å². The quantitative estimate of drug-likeness (QED) is 0.734. The first-order chi connectivity index (χ1) is 9.88. The second-order valence-electron chi connectivity index (χ2n) is 5.89. The van der Waals surface area contributed by atoms with E-state index in [0.29, 0.717) is 6.04 Å². The molecule has 0 fully saturated rings. The molecular formula is C16H30N4. The normalized spacial score (nSPS) is 20.9. The van der Waals surface area contributed by atoms with Crippen molar-refractivity contribution in [3.05, 3.63) is 0 Å². The van der Waals surface area contributed by atoms with Gasteiger partial charge >= 0.3 is 0 Å². The lowest BCUT2D eigenvalue weighted by Gasteiger charge is -2.22. The SMILES string of the molecule is CCC(CCCNC1=NCCCC1)NC1=NCCCC1. The zero-order valence-electron chi connectivity index (χ0n) is 13.0. The standard InChI is InChI=1S/C16H30N4/c1-2-14(20-16-10-4-6-12-19-16)8-7-13-18-15-9-3-5-11-17-15/h14H,2-13H2,1H3,(H,17,18)(H,19,20). The highest BCUT2D eigenvalue weighted by molar-refractivity contribution is 5.83. The summed E-state index contributed by atoms with van der Waals surface area (Å²) in [6.45, 7) is 5.35. The van der Waals surface area contributed by atoms with Crippen LogP contribution >= 0.6 is 0 Å². The third-order valence-corrected chi connectivity index (χ3v) is 4.17. The summed E-state index contributed by atoms with van der Waals surface area (Å²) in [7, 11) is 0. The summed E-state index contributed by atoms with van der Waals surface area (Å²) >= 11 is 0. The van der Waals surface area contributed by atoms with Crippen LogP contribution in [0.3, 0.4) is 0 Å². The largest absolute Gasteiger partial charge is 0.374 e. The van der Waals surface area contributed by atoms with Crippen LogP contribution in [0.1, 0.15) is 64.7 Å². The molecule has 0 saturated heterocycles. The van der Waals surface area contributed by atoms with Crippen LogP contribution in [0.25, 0.3) is 0 Å². The van der Waals surface area contributed by atoms with Gasteiger partial charge in [-0.1, -0.05) is 6.92 Å². The maximum Gasteiger partial charge on any atom is 0.0965 e. The minimum atomic E-state index is 0.585. The molecule has 1 atom stereocenters. The molecule has 2 aliphatic rings. The predicted octanol–water partition coefficient (Wildman–Crippen LogP) is 2.89. The number of hydrogen-bond acceptors (Lipinski definition) is 4.